The Bertz CT molecular complexity index is 1300. The summed E-state index contributed by atoms with van der Waals surface area (Å²) in [5.74, 6) is 0.359. The highest BCUT2D eigenvalue weighted by atomic mass is 127. The molecule has 7 rings (SSSR count). The number of hydrogen-bond donors (Lipinski definition) is 1. The van der Waals surface area contributed by atoms with Gasteiger partial charge in [-0.2, -0.15) is 0 Å². The highest BCUT2D eigenvalue weighted by molar-refractivity contribution is 14.1. The fourth-order valence-corrected chi connectivity index (χ4v) is 6.59. The zero-order chi connectivity index (χ0) is 21.9. The first-order valence-corrected chi connectivity index (χ1v) is 12.7. The van der Waals surface area contributed by atoms with Crippen LogP contribution in [0.4, 0.5) is 5.13 Å². The topological polar surface area (TPSA) is 42.0 Å². The SMILES string of the molecule is CC1(C(=O)Nc2nc(-c3ccc(I)cc3)cs2)CC2c3ccccc3C1c1ccccc12. The lowest BCUT2D eigenvalue weighted by atomic mass is 9.52. The van der Waals surface area contributed by atoms with Crippen LogP contribution in [0.2, 0.25) is 0 Å². The average Bonchev–Trinajstić information content (AvgIpc) is 3.28. The molecule has 5 heteroatoms. The van der Waals surface area contributed by atoms with E-state index in [0.717, 1.165) is 17.7 Å². The van der Waals surface area contributed by atoms with Gasteiger partial charge in [-0.25, -0.2) is 4.98 Å². The van der Waals surface area contributed by atoms with Crippen molar-refractivity contribution in [3.05, 3.63) is 104 Å². The van der Waals surface area contributed by atoms with E-state index in [4.69, 9.17) is 4.98 Å². The zero-order valence-electron chi connectivity index (χ0n) is 17.5. The third kappa shape index (κ3) is 3.05. The second kappa shape index (κ2) is 7.52. The summed E-state index contributed by atoms with van der Waals surface area (Å²) in [6.45, 7) is 2.12. The van der Waals surface area contributed by atoms with Gasteiger partial charge in [0, 0.05) is 26.3 Å². The van der Waals surface area contributed by atoms with Crippen molar-refractivity contribution in [2.75, 3.05) is 5.32 Å². The van der Waals surface area contributed by atoms with Crippen LogP contribution in [0.25, 0.3) is 11.3 Å². The first-order chi connectivity index (χ1) is 15.5. The van der Waals surface area contributed by atoms with Crippen LogP contribution in [0, 0.1) is 8.99 Å². The Kier molecular flexibility index (Phi) is 4.73. The number of thiazole rings is 1. The molecule has 3 aliphatic rings. The Morgan fingerprint density at radius 2 is 1.56 bits per heavy atom. The van der Waals surface area contributed by atoms with Crippen LogP contribution in [-0.4, -0.2) is 10.9 Å². The Balaban J connectivity index is 1.34. The summed E-state index contributed by atoms with van der Waals surface area (Å²) in [5, 5.41) is 5.84. The normalized spacial score (nSPS) is 22.8. The molecule has 0 radical (unpaired) electrons. The monoisotopic (exact) mass is 548 g/mol. The van der Waals surface area contributed by atoms with Crippen molar-refractivity contribution in [3.63, 3.8) is 0 Å². The van der Waals surface area contributed by atoms with Gasteiger partial charge in [0.1, 0.15) is 0 Å². The van der Waals surface area contributed by atoms with E-state index in [1.54, 1.807) is 0 Å². The molecule has 3 aromatic carbocycles. The lowest BCUT2D eigenvalue weighted by Crippen LogP contribution is -2.47. The molecule has 3 nitrogen and oxygen atoms in total. The molecule has 1 heterocycles. The molecule has 2 bridgehead atoms. The summed E-state index contributed by atoms with van der Waals surface area (Å²) in [6, 6.07) is 25.5. The number of amides is 1. The minimum Gasteiger partial charge on any atom is -0.301 e. The third-order valence-corrected chi connectivity index (χ3v) is 8.49. The molecule has 158 valence electrons. The molecule has 0 spiro atoms. The van der Waals surface area contributed by atoms with Gasteiger partial charge in [0.25, 0.3) is 0 Å². The van der Waals surface area contributed by atoms with Crippen molar-refractivity contribution in [3.8, 4) is 11.3 Å². The number of fused-ring (bicyclic) bond motifs is 1. The minimum absolute atomic E-state index is 0.0514. The Morgan fingerprint density at radius 3 is 2.19 bits per heavy atom. The molecule has 0 saturated carbocycles. The highest BCUT2D eigenvalue weighted by Crippen LogP contribution is 2.61. The maximum Gasteiger partial charge on any atom is 0.233 e. The number of halogens is 1. The van der Waals surface area contributed by atoms with Crippen LogP contribution in [-0.2, 0) is 4.79 Å². The van der Waals surface area contributed by atoms with Gasteiger partial charge in [-0.3, -0.25) is 4.79 Å². The molecule has 0 saturated heterocycles. The highest BCUT2D eigenvalue weighted by Gasteiger charge is 2.53. The van der Waals surface area contributed by atoms with E-state index in [2.05, 4.69) is 108 Å². The molecule has 1 atom stereocenters. The van der Waals surface area contributed by atoms with Crippen LogP contribution in [0.1, 0.15) is 47.4 Å². The summed E-state index contributed by atoms with van der Waals surface area (Å²) in [6.07, 6.45) is 0.812. The molecule has 1 aromatic heterocycles. The van der Waals surface area contributed by atoms with Gasteiger partial charge < -0.3 is 5.32 Å². The van der Waals surface area contributed by atoms with Gasteiger partial charge in [0.2, 0.25) is 5.91 Å². The fraction of sp³-hybridized carbons (Fsp3) is 0.185. The lowest BCUT2D eigenvalue weighted by molar-refractivity contribution is -0.126. The molecule has 4 aromatic rings. The smallest absolute Gasteiger partial charge is 0.233 e. The van der Waals surface area contributed by atoms with Gasteiger partial charge in [-0.15, -0.1) is 11.3 Å². The zero-order valence-corrected chi connectivity index (χ0v) is 20.5. The van der Waals surface area contributed by atoms with Crippen molar-refractivity contribution in [1.29, 1.82) is 0 Å². The molecule has 1 unspecified atom stereocenters. The number of anilines is 1. The van der Waals surface area contributed by atoms with Gasteiger partial charge >= 0.3 is 0 Å². The van der Waals surface area contributed by atoms with Crippen molar-refractivity contribution in [2.45, 2.75) is 25.2 Å². The van der Waals surface area contributed by atoms with Crippen molar-refractivity contribution < 1.29 is 4.79 Å². The first kappa shape index (κ1) is 20.1. The second-order valence-electron chi connectivity index (χ2n) is 8.86. The molecule has 1 N–H and O–H groups in total. The van der Waals surface area contributed by atoms with Crippen LogP contribution in [0.5, 0.6) is 0 Å². The predicted molar refractivity (Wildman–Crippen MR) is 138 cm³/mol. The summed E-state index contributed by atoms with van der Waals surface area (Å²) in [4.78, 5) is 18.5. The number of hydrogen-bond acceptors (Lipinski definition) is 3. The van der Waals surface area contributed by atoms with E-state index in [0.29, 0.717) is 5.13 Å². The molecular weight excluding hydrogens is 527 g/mol. The van der Waals surface area contributed by atoms with Crippen LogP contribution in [0.3, 0.4) is 0 Å². The van der Waals surface area contributed by atoms with E-state index in [9.17, 15) is 4.79 Å². The largest absolute Gasteiger partial charge is 0.301 e. The summed E-state index contributed by atoms with van der Waals surface area (Å²) in [7, 11) is 0. The maximum absolute atomic E-state index is 13.7. The number of aromatic nitrogens is 1. The second-order valence-corrected chi connectivity index (χ2v) is 11.0. The molecule has 1 amide bonds. The number of nitrogens with zero attached hydrogens (tertiary/aromatic N) is 1. The van der Waals surface area contributed by atoms with E-state index in [1.807, 2.05) is 5.38 Å². The number of carbonyl (C=O) groups is 1. The maximum atomic E-state index is 13.7. The predicted octanol–water partition coefficient (Wildman–Crippen LogP) is 7.04. The number of carbonyl (C=O) groups excluding carboxylic acids is 1. The molecular formula is C27H21IN2OS. The lowest BCUT2D eigenvalue weighted by Gasteiger charge is -2.50. The van der Waals surface area contributed by atoms with Crippen molar-refractivity contribution in [2.24, 2.45) is 5.41 Å². The van der Waals surface area contributed by atoms with Gasteiger partial charge in [0.05, 0.1) is 11.1 Å². The Morgan fingerprint density at radius 1 is 0.969 bits per heavy atom. The standard InChI is InChI=1S/C27H21IN2OS/c1-27(25(31)30-26-29-23(15-32-26)16-10-12-17(28)13-11-16)14-22-18-6-2-4-8-20(18)24(27)21-9-5-3-7-19(21)22/h2-13,15,22,24H,14H2,1H3,(H,29,30,31). The van der Waals surface area contributed by atoms with Gasteiger partial charge in [-0.1, -0.05) is 60.7 Å². The number of nitrogens with one attached hydrogen (secondary N) is 1. The summed E-state index contributed by atoms with van der Waals surface area (Å²) < 4.78 is 1.19. The third-order valence-electron chi connectivity index (χ3n) is 7.01. The van der Waals surface area contributed by atoms with Crippen molar-refractivity contribution in [1.82, 2.24) is 4.98 Å². The van der Waals surface area contributed by atoms with Crippen LogP contribution in [0.15, 0.2) is 78.2 Å². The Hall–Kier alpha value is -2.51. The first-order valence-electron chi connectivity index (χ1n) is 10.8. The minimum atomic E-state index is -0.526. The van der Waals surface area contributed by atoms with Gasteiger partial charge in [-0.05, 0) is 70.3 Å². The molecule has 3 aliphatic carbocycles. The fourth-order valence-electron chi connectivity index (χ4n) is 5.51. The van der Waals surface area contributed by atoms with Crippen molar-refractivity contribution >= 4 is 45.0 Å². The van der Waals surface area contributed by atoms with E-state index in [-0.39, 0.29) is 17.7 Å². The number of benzene rings is 3. The average molecular weight is 548 g/mol. The number of rotatable bonds is 3. The van der Waals surface area contributed by atoms with Gasteiger partial charge in [0.15, 0.2) is 5.13 Å². The van der Waals surface area contributed by atoms with E-state index in [1.165, 1.54) is 37.2 Å². The molecule has 0 aliphatic heterocycles. The summed E-state index contributed by atoms with van der Waals surface area (Å²) in [5.41, 5.74) is 6.76. The van der Waals surface area contributed by atoms with E-state index >= 15 is 0 Å². The Labute approximate surface area is 205 Å². The van der Waals surface area contributed by atoms with Crippen LogP contribution < -0.4 is 5.32 Å². The van der Waals surface area contributed by atoms with E-state index < -0.39 is 5.41 Å². The quantitative estimate of drug-likeness (QED) is 0.279. The molecule has 32 heavy (non-hydrogen) atoms. The van der Waals surface area contributed by atoms with Crippen LogP contribution >= 0.6 is 33.9 Å². The summed E-state index contributed by atoms with van der Waals surface area (Å²) >= 11 is 3.78. The molecule has 0 fully saturated rings.